The van der Waals surface area contributed by atoms with Gasteiger partial charge in [0.2, 0.25) is 0 Å². The van der Waals surface area contributed by atoms with Gasteiger partial charge in [-0.25, -0.2) is 0 Å². The maximum Gasteiger partial charge on any atom is 0.307 e. The highest BCUT2D eigenvalue weighted by atomic mass is 16.5. The topological polar surface area (TPSA) is 32.8 Å². The van der Waals surface area contributed by atoms with E-state index in [1.165, 1.54) is 6.42 Å². The van der Waals surface area contributed by atoms with Gasteiger partial charge in [0.1, 0.15) is 0 Å². The van der Waals surface area contributed by atoms with Crippen molar-refractivity contribution in [2.24, 2.45) is 0 Å². The Bertz CT molecular complexity index is 231. The molecule has 1 aliphatic heterocycles. The number of carbonyl (C=O) groups is 1. The minimum absolute atomic E-state index is 0.0803. The summed E-state index contributed by atoms with van der Waals surface area (Å²) in [4.78, 5) is 16.0. The zero-order valence-electron chi connectivity index (χ0n) is 10.9. The number of hydrogen-bond acceptors (Lipinski definition) is 4. The summed E-state index contributed by atoms with van der Waals surface area (Å²) in [6, 6.07) is 0.925. The van der Waals surface area contributed by atoms with E-state index in [1.54, 1.807) is 0 Å². The predicted molar refractivity (Wildman–Crippen MR) is 64.4 cm³/mol. The maximum absolute atomic E-state index is 11.4. The van der Waals surface area contributed by atoms with Crippen LogP contribution in [0.15, 0.2) is 0 Å². The van der Waals surface area contributed by atoms with E-state index in [-0.39, 0.29) is 5.97 Å². The second-order valence-electron chi connectivity index (χ2n) is 4.76. The number of likely N-dealkylation sites (tertiary alicyclic amines) is 1. The van der Waals surface area contributed by atoms with Crippen LogP contribution in [-0.2, 0) is 9.53 Å². The lowest BCUT2D eigenvalue weighted by Gasteiger charge is -2.25. The van der Waals surface area contributed by atoms with Gasteiger partial charge in [-0.3, -0.25) is 9.69 Å². The molecule has 94 valence electrons. The first-order chi connectivity index (χ1) is 7.54. The van der Waals surface area contributed by atoms with Gasteiger partial charge in [-0.15, -0.1) is 0 Å². The standard InChI is InChI=1S/C12H24N2O2/c1-5-16-12(15)8-10(2)14-7-6-11(9-14)13(3)4/h10-11H,5-9H2,1-4H3. The van der Waals surface area contributed by atoms with Crippen molar-refractivity contribution in [2.45, 2.75) is 38.8 Å². The van der Waals surface area contributed by atoms with Crippen molar-refractivity contribution in [1.29, 1.82) is 0 Å². The van der Waals surface area contributed by atoms with Crippen molar-refractivity contribution in [2.75, 3.05) is 33.8 Å². The highest BCUT2D eigenvalue weighted by molar-refractivity contribution is 5.70. The zero-order valence-corrected chi connectivity index (χ0v) is 10.9. The average molecular weight is 228 g/mol. The second kappa shape index (κ2) is 6.21. The molecule has 0 radical (unpaired) electrons. The first kappa shape index (κ1) is 13.5. The van der Waals surface area contributed by atoms with Crippen LogP contribution in [0.5, 0.6) is 0 Å². The smallest absolute Gasteiger partial charge is 0.307 e. The van der Waals surface area contributed by atoms with Crippen molar-refractivity contribution in [1.82, 2.24) is 9.80 Å². The maximum atomic E-state index is 11.4. The minimum atomic E-state index is -0.0803. The molecule has 0 aromatic rings. The lowest BCUT2D eigenvalue weighted by atomic mass is 10.2. The summed E-state index contributed by atoms with van der Waals surface area (Å²) in [5.41, 5.74) is 0. The molecule has 0 N–H and O–H groups in total. The molecule has 4 nitrogen and oxygen atoms in total. The van der Waals surface area contributed by atoms with E-state index in [0.717, 1.165) is 13.1 Å². The van der Waals surface area contributed by atoms with Crippen LogP contribution < -0.4 is 0 Å². The number of nitrogens with zero attached hydrogens (tertiary/aromatic N) is 2. The van der Waals surface area contributed by atoms with Gasteiger partial charge in [-0.1, -0.05) is 0 Å². The molecule has 1 fully saturated rings. The van der Waals surface area contributed by atoms with Crippen molar-refractivity contribution in [3.8, 4) is 0 Å². The molecule has 0 aromatic carbocycles. The molecule has 1 rings (SSSR count). The van der Waals surface area contributed by atoms with Crippen LogP contribution in [0, 0.1) is 0 Å². The Morgan fingerprint density at radius 2 is 2.25 bits per heavy atom. The number of ether oxygens (including phenoxy) is 1. The molecule has 0 aromatic heterocycles. The van der Waals surface area contributed by atoms with Gasteiger partial charge in [0, 0.05) is 25.2 Å². The summed E-state index contributed by atoms with van der Waals surface area (Å²) < 4.78 is 4.97. The van der Waals surface area contributed by atoms with Gasteiger partial charge in [-0.05, 0) is 34.4 Å². The molecule has 1 aliphatic rings. The Morgan fingerprint density at radius 3 is 2.75 bits per heavy atom. The summed E-state index contributed by atoms with van der Waals surface area (Å²) in [6.45, 7) is 6.58. The largest absolute Gasteiger partial charge is 0.466 e. The summed E-state index contributed by atoms with van der Waals surface area (Å²) >= 11 is 0. The van der Waals surface area contributed by atoms with E-state index in [1.807, 2.05) is 6.92 Å². The van der Waals surface area contributed by atoms with Gasteiger partial charge in [-0.2, -0.15) is 0 Å². The van der Waals surface area contributed by atoms with E-state index < -0.39 is 0 Å². The van der Waals surface area contributed by atoms with Crippen LogP contribution in [-0.4, -0.2) is 61.6 Å². The normalized spacial score (nSPS) is 23.7. The van der Waals surface area contributed by atoms with Crippen molar-refractivity contribution < 1.29 is 9.53 Å². The van der Waals surface area contributed by atoms with E-state index in [2.05, 4.69) is 30.8 Å². The fourth-order valence-corrected chi connectivity index (χ4v) is 2.18. The molecule has 0 spiro atoms. The number of rotatable bonds is 5. The summed E-state index contributed by atoms with van der Waals surface area (Å²) in [6.07, 6.45) is 1.70. The molecule has 0 amide bonds. The molecule has 2 unspecified atom stereocenters. The lowest BCUT2D eigenvalue weighted by Crippen LogP contribution is -2.37. The molecule has 0 aliphatic carbocycles. The van der Waals surface area contributed by atoms with Crippen LogP contribution >= 0.6 is 0 Å². The number of likely N-dealkylation sites (N-methyl/N-ethyl adjacent to an activating group) is 1. The van der Waals surface area contributed by atoms with E-state index >= 15 is 0 Å². The lowest BCUT2D eigenvalue weighted by molar-refractivity contribution is -0.144. The Balaban J connectivity index is 2.33. The number of carbonyl (C=O) groups excluding carboxylic acids is 1. The predicted octanol–water partition coefficient (Wildman–Crippen LogP) is 0.964. The molecule has 0 saturated carbocycles. The van der Waals surface area contributed by atoms with Gasteiger partial charge >= 0.3 is 5.97 Å². The third-order valence-corrected chi connectivity index (χ3v) is 3.32. The highest BCUT2D eigenvalue weighted by Crippen LogP contribution is 2.17. The average Bonchev–Trinajstić information content (AvgIpc) is 2.66. The Morgan fingerprint density at radius 1 is 1.56 bits per heavy atom. The van der Waals surface area contributed by atoms with E-state index in [4.69, 9.17) is 4.74 Å². The summed E-state index contributed by atoms with van der Waals surface area (Å²) in [7, 11) is 4.23. The van der Waals surface area contributed by atoms with Crippen molar-refractivity contribution in [3.63, 3.8) is 0 Å². The SMILES string of the molecule is CCOC(=O)CC(C)N1CCC(N(C)C)C1. The molecule has 1 saturated heterocycles. The molecule has 0 bridgehead atoms. The first-order valence-electron chi connectivity index (χ1n) is 6.10. The van der Waals surface area contributed by atoms with Gasteiger partial charge < -0.3 is 9.64 Å². The number of esters is 1. The quantitative estimate of drug-likeness (QED) is 0.656. The molecule has 4 heteroatoms. The molecule has 16 heavy (non-hydrogen) atoms. The fraction of sp³-hybridized carbons (Fsp3) is 0.917. The van der Waals surface area contributed by atoms with E-state index in [0.29, 0.717) is 25.1 Å². The van der Waals surface area contributed by atoms with Crippen molar-refractivity contribution in [3.05, 3.63) is 0 Å². The van der Waals surface area contributed by atoms with E-state index in [9.17, 15) is 4.79 Å². The number of hydrogen-bond donors (Lipinski definition) is 0. The van der Waals surface area contributed by atoms with Gasteiger partial charge in [0.25, 0.3) is 0 Å². The van der Waals surface area contributed by atoms with Crippen LogP contribution in [0.1, 0.15) is 26.7 Å². The Kier molecular flexibility index (Phi) is 5.22. The molecule has 2 atom stereocenters. The molecular formula is C12H24N2O2. The fourth-order valence-electron chi connectivity index (χ4n) is 2.18. The third-order valence-electron chi connectivity index (χ3n) is 3.32. The first-order valence-corrected chi connectivity index (χ1v) is 6.10. The third kappa shape index (κ3) is 3.76. The van der Waals surface area contributed by atoms with Crippen LogP contribution in [0.25, 0.3) is 0 Å². The molecule has 1 heterocycles. The van der Waals surface area contributed by atoms with Crippen molar-refractivity contribution >= 4 is 5.97 Å². The van der Waals surface area contributed by atoms with Gasteiger partial charge in [0.05, 0.1) is 13.0 Å². The summed E-state index contributed by atoms with van der Waals surface area (Å²) in [5, 5.41) is 0. The minimum Gasteiger partial charge on any atom is -0.466 e. The van der Waals surface area contributed by atoms with Crippen LogP contribution in [0.4, 0.5) is 0 Å². The highest BCUT2D eigenvalue weighted by Gasteiger charge is 2.28. The van der Waals surface area contributed by atoms with Gasteiger partial charge in [0.15, 0.2) is 0 Å². The zero-order chi connectivity index (χ0) is 12.1. The Labute approximate surface area is 98.5 Å². The monoisotopic (exact) mass is 228 g/mol. The summed E-state index contributed by atoms with van der Waals surface area (Å²) in [5.74, 6) is -0.0803. The van der Waals surface area contributed by atoms with Crippen LogP contribution in [0.3, 0.4) is 0 Å². The molecular weight excluding hydrogens is 204 g/mol. The second-order valence-corrected chi connectivity index (χ2v) is 4.76. The Hall–Kier alpha value is -0.610. The van der Waals surface area contributed by atoms with Crippen LogP contribution in [0.2, 0.25) is 0 Å².